The summed E-state index contributed by atoms with van der Waals surface area (Å²) in [5.74, 6) is 0.912. The third-order valence-corrected chi connectivity index (χ3v) is 6.00. The van der Waals surface area contributed by atoms with Crippen LogP contribution in [-0.2, 0) is 4.79 Å². The number of benzene rings is 1. The van der Waals surface area contributed by atoms with Crippen molar-refractivity contribution in [3.05, 3.63) is 46.5 Å². The Morgan fingerprint density at radius 1 is 1.04 bits per heavy atom. The molecule has 28 heavy (non-hydrogen) atoms. The molecule has 2 fully saturated rings. The van der Waals surface area contributed by atoms with Gasteiger partial charge >= 0.3 is 0 Å². The zero-order chi connectivity index (χ0) is 19.3. The fraction of sp³-hybridized carbons (Fsp3) is 0.500. The van der Waals surface area contributed by atoms with Crippen molar-refractivity contribution in [3.63, 3.8) is 0 Å². The largest absolute Gasteiger partial charge is 0.488 e. The first-order valence-corrected chi connectivity index (χ1v) is 10.6. The molecule has 3 aliphatic rings. The van der Waals surface area contributed by atoms with Gasteiger partial charge in [0, 0.05) is 55.9 Å². The number of carbonyl (C=O) groups is 1. The van der Waals surface area contributed by atoms with Gasteiger partial charge in [-0.1, -0.05) is 17.7 Å². The van der Waals surface area contributed by atoms with Gasteiger partial charge in [-0.05, 0) is 55.8 Å². The normalized spacial score (nSPS) is 20.9. The number of hydrogen-bond acceptors (Lipinski definition) is 4. The Labute approximate surface area is 172 Å². The summed E-state index contributed by atoms with van der Waals surface area (Å²) >= 11 is 6.05. The fourth-order valence-electron chi connectivity index (χ4n) is 4.03. The van der Waals surface area contributed by atoms with E-state index in [2.05, 4.69) is 9.80 Å². The Hall–Kier alpha value is -1.82. The van der Waals surface area contributed by atoms with Gasteiger partial charge < -0.3 is 14.5 Å². The lowest BCUT2D eigenvalue weighted by molar-refractivity contribution is -0.127. The molecule has 0 aromatic heterocycles. The molecule has 4 rings (SSSR count). The third kappa shape index (κ3) is 4.96. The Morgan fingerprint density at radius 3 is 2.50 bits per heavy atom. The van der Waals surface area contributed by atoms with Crippen LogP contribution in [0.2, 0.25) is 5.02 Å². The monoisotopic (exact) mass is 401 g/mol. The van der Waals surface area contributed by atoms with Crippen LogP contribution in [0, 0.1) is 0 Å². The van der Waals surface area contributed by atoms with Crippen LogP contribution in [0.4, 0.5) is 0 Å². The zero-order valence-corrected chi connectivity index (χ0v) is 17.0. The first-order valence-electron chi connectivity index (χ1n) is 10.2. The fourth-order valence-corrected chi connectivity index (χ4v) is 4.21. The molecular weight excluding hydrogens is 374 g/mol. The number of carbonyl (C=O) groups excluding carboxylic acids is 1. The second-order valence-electron chi connectivity index (χ2n) is 7.74. The maximum Gasteiger partial charge on any atom is 0.246 e. The highest BCUT2D eigenvalue weighted by atomic mass is 35.5. The number of halogens is 1. The maximum absolute atomic E-state index is 12.5. The second kappa shape index (κ2) is 9.12. The number of nitrogens with zero attached hydrogens (tertiary/aromatic N) is 3. The number of fused-ring (bicyclic) bond motifs is 1. The lowest BCUT2D eigenvalue weighted by Crippen LogP contribution is -2.49. The van der Waals surface area contributed by atoms with Crippen molar-refractivity contribution in [2.75, 3.05) is 59.0 Å². The Bertz CT molecular complexity index is 763. The molecule has 3 aliphatic heterocycles. The van der Waals surface area contributed by atoms with Crippen LogP contribution in [0.3, 0.4) is 0 Å². The molecule has 0 spiro atoms. The summed E-state index contributed by atoms with van der Waals surface area (Å²) in [5.41, 5.74) is 1.94. The van der Waals surface area contributed by atoms with Crippen molar-refractivity contribution in [1.29, 1.82) is 0 Å². The summed E-state index contributed by atoms with van der Waals surface area (Å²) in [6.07, 6.45) is 8.25. The number of amides is 1. The highest BCUT2D eigenvalue weighted by molar-refractivity contribution is 6.30. The Morgan fingerprint density at radius 2 is 1.75 bits per heavy atom. The van der Waals surface area contributed by atoms with Crippen LogP contribution >= 0.6 is 11.6 Å². The summed E-state index contributed by atoms with van der Waals surface area (Å²) in [7, 11) is 0. The van der Waals surface area contributed by atoms with Crippen LogP contribution in [0.1, 0.15) is 18.4 Å². The van der Waals surface area contributed by atoms with Crippen molar-refractivity contribution in [2.45, 2.75) is 12.8 Å². The van der Waals surface area contributed by atoms with Gasteiger partial charge in [0.15, 0.2) is 0 Å². The number of hydrogen-bond donors (Lipinski definition) is 0. The van der Waals surface area contributed by atoms with E-state index in [4.69, 9.17) is 16.3 Å². The van der Waals surface area contributed by atoms with E-state index in [-0.39, 0.29) is 5.91 Å². The van der Waals surface area contributed by atoms with Crippen molar-refractivity contribution in [1.82, 2.24) is 14.7 Å². The van der Waals surface area contributed by atoms with Crippen LogP contribution < -0.4 is 4.74 Å². The minimum Gasteiger partial charge on any atom is -0.488 e. The average molecular weight is 402 g/mol. The van der Waals surface area contributed by atoms with E-state index in [0.29, 0.717) is 11.6 Å². The summed E-state index contributed by atoms with van der Waals surface area (Å²) in [6.45, 7) is 8.78. The molecule has 150 valence electrons. The summed E-state index contributed by atoms with van der Waals surface area (Å²) in [5, 5.41) is 0.683. The van der Waals surface area contributed by atoms with Gasteiger partial charge in [-0.2, -0.15) is 0 Å². The highest BCUT2D eigenvalue weighted by Crippen LogP contribution is 2.29. The third-order valence-electron chi connectivity index (χ3n) is 5.76. The van der Waals surface area contributed by atoms with Crippen LogP contribution in [-0.4, -0.2) is 79.6 Å². The van der Waals surface area contributed by atoms with Crippen LogP contribution in [0.25, 0.3) is 6.08 Å². The Balaban J connectivity index is 1.25. The zero-order valence-electron chi connectivity index (χ0n) is 16.3. The van der Waals surface area contributed by atoms with Gasteiger partial charge in [0.25, 0.3) is 0 Å². The van der Waals surface area contributed by atoms with E-state index in [1.807, 2.05) is 35.3 Å². The summed E-state index contributed by atoms with van der Waals surface area (Å²) in [4.78, 5) is 19.5. The van der Waals surface area contributed by atoms with Crippen molar-refractivity contribution < 1.29 is 9.53 Å². The lowest BCUT2D eigenvalue weighted by atomic mass is 10.1. The second-order valence-corrected chi connectivity index (χ2v) is 8.18. The first-order chi connectivity index (χ1) is 13.7. The van der Waals surface area contributed by atoms with E-state index in [1.54, 1.807) is 6.08 Å². The van der Waals surface area contributed by atoms with Gasteiger partial charge in [0.2, 0.25) is 5.91 Å². The molecule has 0 radical (unpaired) electrons. The number of likely N-dealkylation sites (tertiary alicyclic amines) is 1. The molecule has 6 heteroatoms. The molecule has 1 aromatic rings. The molecular formula is C22H28ClN3O2. The minimum atomic E-state index is 0.0805. The van der Waals surface area contributed by atoms with Crippen molar-refractivity contribution in [3.8, 4) is 5.75 Å². The lowest BCUT2D eigenvalue weighted by Gasteiger charge is -2.35. The molecule has 1 amide bonds. The molecule has 0 aliphatic carbocycles. The molecule has 3 heterocycles. The smallest absolute Gasteiger partial charge is 0.246 e. The van der Waals surface area contributed by atoms with Crippen LogP contribution in [0.15, 0.2) is 35.9 Å². The molecule has 0 unspecified atom stereocenters. The standard InChI is InChI=1S/C22H28ClN3O2/c23-20-4-5-21-19(16-20)15-18(17-28-21)3-6-22(27)26-13-11-25(12-14-26)10-9-24-7-1-2-8-24/h3-6,15-16H,1-2,7-14,17H2/b6-3-. The SMILES string of the molecule is O=C(/C=C\C1=Cc2cc(Cl)ccc2OC1)N1CCN(CCN2CCCC2)CC1. The molecule has 0 N–H and O–H groups in total. The van der Waals surface area contributed by atoms with E-state index < -0.39 is 0 Å². The first kappa shape index (κ1) is 19.5. The molecule has 0 atom stereocenters. The average Bonchev–Trinajstić information content (AvgIpc) is 3.24. The van der Waals surface area contributed by atoms with E-state index in [0.717, 1.165) is 56.2 Å². The predicted octanol–water partition coefficient (Wildman–Crippen LogP) is 2.91. The predicted molar refractivity (Wildman–Crippen MR) is 113 cm³/mol. The van der Waals surface area contributed by atoms with Gasteiger partial charge in [-0.15, -0.1) is 0 Å². The quantitative estimate of drug-likeness (QED) is 0.711. The van der Waals surface area contributed by atoms with E-state index >= 15 is 0 Å². The highest BCUT2D eigenvalue weighted by Gasteiger charge is 2.21. The van der Waals surface area contributed by atoms with E-state index in [9.17, 15) is 4.79 Å². The van der Waals surface area contributed by atoms with Gasteiger partial charge in [0.05, 0.1) is 0 Å². The molecule has 5 nitrogen and oxygen atoms in total. The van der Waals surface area contributed by atoms with Crippen molar-refractivity contribution >= 4 is 23.6 Å². The summed E-state index contributed by atoms with van der Waals surface area (Å²) in [6, 6.07) is 5.58. The maximum atomic E-state index is 12.5. The van der Waals surface area contributed by atoms with E-state index in [1.165, 1.54) is 25.9 Å². The van der Waals surface area contributed by atoms with Crippen LogP contribution in [0.5, 0.6) is 5.75 Å². The minimum absolute atomic E-state index is 0.0805. The Kier molecular flexibility index (Phi) is 6.35. The number of rotatable bonds is 5. The molecule has 2 saturated heterocycles. The molecule has 0 bridgehead atoms. The topological polar surface area (TPSA) is 36.0 Å². The van der Waals surface area contributed by atoms with Gasteiger partial charge in [0.1, 0.15) is 12.4 Å². The number of ether oxygens (including phenoxy) is 1. The molecule has 1 aromatic carbocycles. The van der Waals surface area contributed by atoms with Gasteiger partial charge in [-0.3, -0.25) is 9.69 Å². The van der Waals surface area contributed by atoms with Crippen molar-refractivity contribution in [2.24, 2.45) is 0 Å². The number of piperazine rings is 1. The summed E-state index contributed by atoms with van der Waals surface area (Å²) < 4.78 is 5.74. The van der Waals surface area contributed by atoms with Gasteiger partial charge in [-0.25, -0.2) is 0 Å². The molecule has 0 saturated carbocycles.